The molecule has 0 saturated heterocycles. The van der Waals surface area contributed by atoms with E-state index in [1.165, 1.54) is 0 Å². The van der Waals surface area contributed by atoms with E-state index in [-0.39, 0.29) is 5.91 Å². The Balaban J connectivity index is 1.87. The van der Waals surface area contributed by atoms with Gasteiger partial charge in [-0.3, -0.25) is 4.79 Å². The molecule has 0 aromatic heterocycles. The summed E-state index contributed by atoms with van der Waals surface area (Å²) in [6.45, 7) is 1.24. The molecule has 0 fully saturated rings. The molecule has 0 N–H and O–H groups in total. The number of nitrogens with zero attached hydrogens (tertiary/aromatic N) is 1. The van der Waals surface area contributed by atoms with Gasteiger partial charge in [0.25, 0.3) is 5.91 Å². The van der Waals surface area contributed by atoms with Crippen molar-refractivity contribution in [2.45, 2.75) is 13.2 Å². The molecule has 0 radical (unpaired) electrons. The Morgan fingerprint density at radius 1 is 1.11 bits per heavy atom. The van der Waals surface area contributed by atoms with Crippen LogP contribution < -0.4 is 4.90 Å². The number of anilines is 1. The summed E-state index contributed by atoms with van der Waals surface area (Å²) >= 11 is 0. The molecule has 1 amide bonds. The molecule has 2 aromatic rings. The average Bonchev–Trinajstić information content (AvgIpc) is 2.78. The monoisotopic (exact) mass is 253 g/mol. The SMILES string of the molecule is COCc1ccc(N2Cc3ccccc3C2=O)cc1. The lowest BCUT2D eigenvalue weighted by atomic mass is 10.1. The van der Waals surface area contributed by atoms with E-state index >= 15 is 0 Å². The van der Waals surface area contributed by atoms with Crippen LogP contribution in [0.3, 0.4) is 0 Å². The fourth-order valence-corrected chi connectivity index (χ4v) is 2.40. The molecule has 3 heteroatoms. The molecular formula is C16H15NO2. The van der Waals surface area contributed by atoms with E-state index in [1.807, 2.05) is 48.5 Å². The van der Waals surface area contributed by atoms with Crippen LogP contribution in [-0.4, -0.2) is 13.0 Å². The molecule has 19 heavy (non-hydrogen) atoms. The molecule has 1 aliphatic heterocycles. The van der Waals surface area contributed by atoms with Crippen molar-refractivity contribution in [2.75, 3.05) is 12.0 Å². The largest absolute Gasteiger partial charge is 0.380 e. The van der Waals surface area contributed by atoms with E-state index in [0.717, 1.165) is 22.4 Å². The molecule has 3 nitrogen and oxygen atoms in total. The van der Waals surface area contributed by atoms with Gasteiger partial charge < -0.3 is 9.64 Å². The Morgan fingerprint density at radius 2 is 1.84 bits per heavy atom. The number of rotatable bonds is 3. The summed E-state index contributed by atoms with van der Waals surface area (Å²) in [5.74, 6) is 0.0788. The first-order chi connectivity index (χ1) is 9.29. The number of hydrogen-bond acceptors (Lipinski definition) is 2. The van der Waals surface area contributed by atoms with E-state index < -0.39 is 0 Å². The van der Waals surface area contributed by atoms with Gasteiger partial charge in [-0.25, -0.2) is 0 Å². The van der Waals surface area contributed by atoms with Crippen molar-refractivity contribution < 1.29 is 9.53 Å². The third kappa shape index (κ3) is 2.13. The Kier molecular flexibility index (Phi) is 3.05. The van der Waals surface area contributed by atoms with Crippen molar-refractivity contribution in [3.63, 3.8) is 0 Å². The highest BCUT2D eigenvalue weighted by atomic mass is 16.5. The summed E-state index contributed by atoms with van der Waals surface area (Å²) in [6.07, 6.45) is 0. The van der Waals surface area contributed by atoms with Crippen molar-refractivity contribution in [3.05, 3.63) is 65.2 Å². The second-order valence-corrected chi connectivity index (χ2v) is 4.65. The second-order valence-electron chi connectivity index (χ2n) is 4.65. The van der Waals surface area contributed by atoms with Crippen LogP contribution in [0, 0.1) is 0 Å². The van der Waals surface area contributed by atoms with Crippen LogP contribution in [0.2, 0.25) is 0 Å². The third-order valence-electron chi connectivity index (χ3n) is 3.38. The zero-order valence-electron chi connectivity index (χ0n) is 10.8. The van der Waals surface area contributed by atoms with E-state index in [1.54, 1.807) is 12.0 Å². The predicted molar refractivity (Wildman–Crippen MR) is 74.1 cm³/mol. The van der Waals surface area contributed by atoms with E-state index in [2.05, 4.69) is 0 Å². The van der Waals surface area contributed by atoms with E-state index in [9.17, 15) is 4.79 Å². The van der Waals surface area contributed by atoms with Gasteiger partial charge in [-0.15, -0.1) is 0 Å². The Bertz CT molecular complexity index is 604. The van der Waals surface area contributed by atoms with Crippen LogP contribution in [0.5, 0.6) is 0 Å². The quantitative estimate of drug-likeness (QED) is 0.841. The van der Waals surface area contributed by atoms with Crippen LogP contribution in [0.1, 0.15) is 21.5 Å². The summed E-state index contributed by atoms with van der Waals surface area (Å²) in [4.78, 5) is 14.1. The first kappa shape index (κ1) is 11.9. The molecular weight excluding hydrogens is 238 g/mol. The van der Waals surface area contributed by atoms with Crippen LogP contribution in [-0.2, 0) is 17.9 Å². The minimum absolute atomic E-state index is 0.0788. The molecule has 1 aliphatic rings. The summed E-state index contributed by atoms with van der Waals surface area (Å²) in [7, 11) is 1.68. The molecule has 0 spiro atoms. The lowest BCUT2D eigenvalue weighted by molar-refractivity contribution is 0.0996. The summed E-state index contributed by atoms with van der Waals surface area (Å²) in [5.41, 5.74) is 3.94. The van der Waals surface area contributed by atoms with E-state index in [0.29, 0.717) is 13.2 Å². The second kappa shape index (κ2) is 4.86. The first-order valence-electron chi connectivity index (χ1n) is 6.27. The maximum Gasteiger partial charge on any atom is 0.258 e. The number of benzene rings is 2. The van der Waals surface area contributed by atoms with Crippen LogP contribution >= 0.6 is 0 Å². The predicted octanol–water partition coefficient (Wildman–Crippen LogP) is 2.99. The number of carbonyl (C=O) groups excluding carboxylic acids is 1. The smallest absolute Gasteiger partial charge is 0.258 e. The van der Waals surface area contributed by atoms with Crippen molar-refractivity contribution in [3.8, 4) is 0 Å². The summed E-state index contributed by atoms with van der Waals surface area (Å²) in [5, 5.41) is 0. The Morgan fingerprint density at radius 3 is 2.53 bits per heavy atom. The lowest BCUT2D eigenvalue weighted by Gasteiger charge is -2.16. The average molecular weight is 253 g/mol. The third-order valence-corrected chi connectivity index (χ3v) is 3.38. The van der Waals surface area contributed by atoms with Gasteiger partial charge in [0.2, 0.25) is 0 Å². The van der Waals surface area contributed by atoms with Crippen molar-refractivity contribution in [1.82, 2.24) is 0 Å². The molecule has 0 atom stereocenters. The number of hydrogen-bond donors (Lipinski definition) is 0. The van der Waals surface area contributed by atoms with Gasteiger partial charge >= 0.3 is 0 Å². The normalized spacial score (nSPS) is 13.7. The van der Waals surface area contributed by atoms with E-state index in [4.69, 9.17) is 4.74 Å². The Hall–Kier alpha value is -2.13. The van der Waals surface area contributed by atoms with Crippen molar-refractivity contribution in [1.29, 1.82) is 0 Å². The van der Waals surface area contributed by atoms with Crippen LogP contribution in [0.25, 0.3) is 0 Å². The topological polar surface area (TPSA) is 29.5 Å². The fourth-order valence-electron chi connectivity index (χ4n) is 2.40. The van der Waals surface area contributed by atoms with Crippen LogP contribution in [0.4, 0.5) is 5.69 Å². The van der Waals surface area contributed by atoms with Gasteiger partial charge in [-0.05, 0) is 29.3 Å². The molecule has 0 saturated carbocycles. The zero-order valence-corrected chi connectivity index (χ0v) is 10.8. The van der Waals surface area contributed by atoms with Crippen LogP contribution in [0.15, 0.2) is 48.5 Å². The minimum Gasteiger partial charge on any atom is -0.380 e. The van der Waals surface area contributed by atoms with Gasteiger partial charge in [-0.2, -0.15) is 0 Å². The van der Waals surface area contributed by atoms with Gasteiger partial charge in [0.15, 0.2) is 0 Å². The van der Waals surface area contributed by atoms with Crippen molar-refractivity contribution >= 4 is 11.6 Å². The number of carbonyl (C=O) groups is 1. The summed E-state index contributed by atoms with van der Waals surface area (Å²) in [6, 6.07) is 15.7. The highest BCUT2D eigenvalue weighted by molar-refractivity contribution is 6.09. The standard InChI is InChI=1S/C16H15NO2/c1-19-11-12-6-8-14(9-7-12)17-10-13-4-2-3-5-15(13)16(17)18/h2-9H,10-11H2,1H3. The molecule has 0 unspecified atom stereocenters. The molecule has 2 aromatic carbocycles. The van der Waals surface area contributed by atoms with Gasteiger partial charge in [0, 0.05) is 18.4 Å². The Labute approximate surface area is 112 Å². The molecule has 0 aliphatic carbocycles. The number of amides is 1. The van der Waals surface area contributed by atoms with Crippen molar-refractivity contribution in [2.24, 2.45) is 0 Å². The maximum atomic E-state index is 12.3. The lowest BCUT2D eigenvalue weighted by Crippen LogP contribution is -2.22. The highest BCUT2D eigenvalue weighted by Crippen LogP contribution is 2.28. The number of methoxy groups -OCH3 is 1. The molecule has 96 valence electrons. The maximum absolute atomic E-state index is 12.3. The zero-order chi connectivity index (χ0) is 13.2. The highest BCUT2D eigenvalue weighted by Gasteiger charge is 2.27. The fraction of sp³-hybridized carbons (Fsp3) is 0.188. The summed E-state index contributed by atoms with van der Waals surface area (Å²) < 4.78 is 5.08. The molecule has 1 heterocycles. The van der Waals surface area contributed by atoms with Gasteiger partial charge in [0.1, 0.15) is 0 Å². The van der Waals surface area contributed by atoms with Gasteiger partial charge in [-0.1, -0.05) is 30.3 Å². The minimum atomic E-state index is 0.0788. The number of ether oxygens (including phenoxy) is 1. The van der Waals surface area contributed by atoms with Gasteiger partial charge in [0.05, 0.1) is 13.2 Å². The molecule has 3 rings (SSSR count). The molecule has 0 bridgehead atoms. The first-order valence-corrected chi connectivity index (χ1v) is 6.27. The number of fused-ring (bicyclic) bond motifs is 1.